The molecule has 1 aliphatic rings. The third-order valence-corrected chi connectivity index (χ3v) is 5.59. The largest absolute Gasteiger partial charge is 0.478 e. The molecule has 1 atom stereocenters. The van der Waals surface area contributed by atoms with Crippen molar-refractivity contribution in [2.45, 2.75) is 29.6 Å². The topological polar surface area (TPSA) is 55.8 Å². The number of carboxylic acids is 1. The number of carboxylic acid groups (broad SMARTS) is 1. The first-order chi connectivity index (χ1) is 10.9. The second kappa shape index (κ2) is 7.66. The summed E-state index contributed by atoms with van der Waals surface area (Å²) in [5.41, 5.74) is 1.03. The predicted octanol–water partition coefficient (Wildman–Crippen LogP) is 3.87. The van der Waals surface area contributed by atoms with Crippen LogP contribution in [0.25, 0.3) is 0 Å². The lowest BCUT2D eigenvalue weighted by atomic mass is 9.94. The summed E-state index contributed by atoms with van der Waals surface area (Å²) in [5.74, 6) is -1.87. The third-order valence-electron chi connectivity index (χ3n) is 3.87. The zero-order valence-electron chi connectivity index (χ0n) is 12.8. The first-order valence-electron chi connectivity index (χ1n) is 7.02. The molecule has 0 heterocycles. The molecule has 1 N–H and O–H groups in total. The highest BCUT2D eigenvalue weighted by molar-refractivity contribution is 7.99. The molecule has 126 valence electrons. The summed E-state index contributed by atoms with van der Waals surface area (Å²) < 4.78 is 23.7. The second-order valence-electron chi connectivity index (χ2n) is 5.20. The van der Waals surface area contributed by atoms with Crippen LogP contribution in [0, 0.1) is 5.82 Å². The number of methoxy groups -OCH3 is 2. The molecular formula is C16H18ClFO4S. The minimum atomic E-state index is -0.995. The van der Waals surface area contributed by atoms with E-state index >= 15 is 0 Å². The molecule has 4 nitrogen and oxygen atoms in total. The highest BCUT2D eigenvalue weighted by Crippen LogP contribution is 2.38. The van der Waals surface area contributed by atoms with E-state index < -0.39 is 17.6 Å². The summed E-state index contributed by atoms with van der Waals surface area (Å²) in [4.78, 5) is 11.5. The van der Waals surface area contributed by atoms with E-state index in [1.54, 1.807) is 6.07 Å². The molecule has 0 saturated heterocycles. The summed E-state index contributed by atoms with van der Waals surface area (Å²) in [6, 6.07) is 4.22. The average Bonchev–Trinajstić information content (AvgIpc) is 2.54. The van der Waals surface area contributed by atoms with Gasteiger partial charge in [-0.25, -0.2) is 9.18 Å². The molecule has 0 saturated carbocycles. The maximum atomic E-state index is 13.1. The molecule has 0 aliphatic heterocycles. The molecule has 1 unspecified atom stereocenters. The summed E-state index contributed by atoms with van der Waals surface area (Å²) in [5, 5.41) is 9.59. The Morgan fingerprint density at radius 1 is 1.48 bits per heavy atom. The predicted molar refractivity (Wildman–Crippen MR) is 88.2 cm³/mol. The van der Waals surface area contributed by atoms with Crippen LogP contribution < -0.4 is 0 Å². The Morgan fingerprint density at radius 3 is 2.74 bits per heavy atom. The average molecular weight is 361 g/mol. The number of halogens is 2. The summed E-state index contributed by atoms with van der Waals surface area (Å²) in [6.45, 7) is 0. The minimum Gasteiger partial charge on any atom is -0.478 e. The molecule has 7 heteroatoms. The lowest BCUT2D eigenvalue weighted by Gasteiger charge is -2.35. The Balaban J connectivity index is 2.14. The summed E-state index contributed by atoms with van der Waals surface area (Å²) >= 11 is 7.47. The van der Waals surface area contributed by atoms with E-state index in [2.05, 4.69) is 0 Å². The van der Waals surface area contributed by atoms with Gasteiger partial charge in [-0.1, -0.05) is 17.7 Å². The number of aliphatic carboxylic acids is 1. The van der Waals surface area contributed by atoms with Gasteiger partial charge >= 0.3 is 5.97 Å². The fourth-order valence-electron chi connectivity index (χ4n) is 2.50. The van der Waals surface area contributed by atoms with Crippen LogP contribution in [-0.4, -0.2) is 36.3 Å². The van der Waals surface area contributed by atoms with E-state index in [-0.39, 0.29) is 10.8 Å². The van der Waals surface area contributed by atoms with Crippen molar-refractivity contribution >= 4 is 29.3 Å². The monoisotopic (exact) mass is 360 g/mol. The maximum absolute atomic E-state index is 13.1. The van der Waals surface area contributed by atoms with E-state index in [4.69, 9.17) is 21.1 Å². The number of hydrogen-bond donors (Lipinski definition) is 1. The number of rotatable bonds is 6. The Labute approximate surface area is 143 Å². The van der Waals surface area contributed by atoms with Gasteiger partial charge in [0.05, 0.1) is 5.57 Å². The van der Waals surface area contributed by atoms with Crippen molar-refractivity contribution in [3.05, 3.63) is 46.3 Å². The first-order valence-corrected chi connectivity index (χ1v) is 8.45. The standard InChI is InChI=1S/C16H18ClFO4S/c1-21-16(22-2)6-5-14(12(8-16)15(19)20)23-9-10-3-4-11(18)7-13(10)17/h3-4,7-8,14H,5-6,9H2,1-2H3,(H,19,20). The van der Waals surface area contributed by atoms with E-state index in [1.807, 2.05) is 0 Å². The van der Waals surface area contributed by atoms with Gasteiger partial charge in [0.15, 0.2) is 5.79 Å². The van der Waals surface area contributed by atoms with Crippen molar-refractivity contribution < 1.29 is 23.8 Å². The van der Waals surface area contributed by atoms with Crippen LogP contribution in [0.4, 0.5) is 4.39 Å². The Kier molecular flexibility index (Phi) is 6.08. The smallest absolute Gasteiger partial charge is 0.332 e. The van der Waals surface area contributed by atoms with Gasteiger partial charge in [0.2, 0.25) is 0 Å². The van der Waals surface area contributed by atoms with Crippen LogP contribution in [0.2, 0.25) is 5.02 Å². The highest BCUT2D eigenvalue weighted by Gasteiger charge is 2.37. The van der Waals surface area contributed by atoms with Crippen molar-refractivity contribution in [2.24, 2.45) is 0 Å². The SMILES string of the molecule is COC1(OC)C=C(C(=O)O)C(SCc2ccc(F)cc2Cl)CC1. The Morgan fingerprint density at radius 2 is 2.17 bits per heavy atom. The van der Waals surface area contributed by atoms with Gasteiger partial charge < -0.3 is 14.6 Å². The zero-order chi connectivity index (χ0) is 17.0. The van der Waals surface area contributed by atoms with Crippen LogP contribution in [-0.2, 0) is 20.0 Å². The van der Waals surface area contributed by atoms with Crippen LogP contribution in [0.1, 0.15) is 18.4 Å². The van der Waals surface area contributed by atoms with Gasteiger partial charge in [-0.2, -0.15) is 0 Å². The van der Waals surface area contributed by atoms with Gasteiger partial charge in [-0.05, 0) is 30.2 Å². The molecule has 0 bridgehead atoms. The molecule has 0 fully saturated rings. The molecule has 1 aliphatic carbocycles. The fraction of sp³-hybridized carbons (Fsp3) is 0.438. The van der Waals surface area contributed by atoms with Gasteiger partial charge in [0, 0.05) is 36.7 Å². The van der Waals surface area contributed by atoms with Gasteiger partial charge in [-0.3, -0.25) is 0 Å². The quantitative estimate of drug-likeness (QED) is 0.780. The van der Waals surface area contributed by atoms with Crippen LogP contribution >= 0.6 is 23.4 Å². The van der Waals surface area contributed by atoms with Crippen molar-refractivity contribution in [2.75, 3.05) is 14.2 Å². The normalized spacial score (nSPS) is 20.2. The first kappa shape index (κ1) is 18.3. The van der Waals surface area contributed by atoms with Crippen molar-refractivity contribution in [3.63, 3.8) is 0 Å². The summed E-state index contributed by atoms with van der Waals surface area (Å²) in [7, 11) is 2.98. The van der Waals surface area contributed by atoms with Gasteiger partial charge in [0.1, 0.15) is 5.82 Å². The van der Waals surface area contributed by atoms with Crippen LogP contribution in [0.5, 0.6) is 0 Å². The minimum absolute atomic E-state index is 0.202. The lowest BCUT2D eigenvalue weighted by molar-refractivity contribution is -0.178. The van der Waals surface area contributed by atoms with E-state index in [1.165, 1.54) is 44.2 Å². The lowest BCUT2D eigenvalue weighted by Crippen LogP contribution is -2.38. The highest BCUT2D eigenvalue weighted by atomic mass is 35.5. The van der Waals surface area contributed by atoms with E-state index in [0.29, 0.717) is 23.6 Å². The fourth-order valence-corrected chi connectivity index (χ4v) is 4.08. The van der Waals surface area contributed by atoms with E-state index in [0.717, 1.165) is 5.56 Å². The molecular weight excluding hydrogens is 343 g/mol. The molecule has 0 spiro atoms. The number of carbonyl (C=O) groups is 1. The van der Waals surface area contributed by atoms with Crippen LogP contribution in [0.15, 0.2) is 29.8 Å². The zero-order valence-corrected chi connectivity index (χ0v) is 14.4. The number of thioether (sulfide) groups is 1. The Hall–Kier alpha value is -1.08. The number of benzene rings is 1. The molecule has 23 heavy (non-hydrogen) atoms. The van der Waals surface area contributed by atoms with Crippen molar-refractivity contribution in [1.82, 2.24) is 0 Å². The molecule has 0 aromatic heterocycles. The second-order valence-corrected chi connectivity index (χ2v) is 6.80. The molecule has 1 aromatic carbocycles. The molecule has 1 aromatic rings. The third kappa shape index (κ3) is 4.26. The Bertz CT molecular complexity index is 616. The number of hydrogen-bond acceptors (Lipinski definition) is 4. The van der Waals surface area contributed by atoms with Crippen molar-refractivity contribution in [3.8, 4) is 0 Å². The van der Waals surface area contributed by atoms with Gasteiger partial charge in [0.25, 0.3) is 0 Å². The molecule has 2 rings (SSSR count). The number of ether oxygens (including phenoxy) is 2. The van der Waals surface area contributed by atoms with Crippen molar-refractivity contribution in [1.29, 1.82) is 0 Å². The van der Waals surface area contributed by atoms with Gasteiger partial charge in [-0.15, -0.1) is 11.8 Å². The molecule has 0 radical (unpaired) electrons. The summed E-state index contributed by atoms with van der Waals surface area (Å²) in [6.07, 6.45) is 2.69. The molecule has 0 amide bonds. The van der Waals surface area contributed by atoms with E-state index in [9.17, 15) is 14.3 Å². The maximum Gasteiger partial charge on any atom is 0.332 e. The van der Waals surface area contributed by atoms with Crippen LogP contribution in [0.3, 0.4) is 0 Å².